The van der Waals surface area contributed by atoms with Crippen LogP contribution in [0.4, 0.5) is 0 Å². The van der Waals surface area contributed by atoms with E-state index in [0.717, 1.165) is 32.1 Å². The van der Waals surface area contributed by atoms with Crippen LogP contribution in [0, 0.1) is 5.92 Å². The lowest BCUT2D eigenvalue weighted by molar-refractivity contribution is 0.114. The van der Waals surface area contributed by atoms with Crippen LogP contribution in [0.1, 0.15) is 47.0 Å². The average molecular weight is 201 g/mol. The largest absolute Gasteiger partial charge is 0.381 e. The van der Waals surface area contributed by atoms with Crippen molar-refractivity contribution in [2.45, 2.75) is 53.0 Å². The minimum absolute atomic E-state index is 0.638. The molecule has 1 N–H and O–H groups in total. The van der Waals surface area contributed by atoms with Gasteiger partial charge in [0.2, 0.25) is 0 Å². The Kier molecular flexibility index (Phi) is 9.42. The van der Waals surface area contributed by atoms with Crippen LogP contribution in [0.25, 0.3) is 0 Å². The second kappa shape index (κ2) is 9.47. The molecular weight excluding hydrogens is 174 g/mol. The van der Waals surface area contributed by atoms with Gasteiger partial charge in [-0.05, 0) is 31.7 Å². The predicted molar refractivity (Wildman–Crippen MR) is 62.6 cm³/mol. The Morgan fingerprint density at radius 3 is 2.21 bits per heavy atom. The number of nitrogens with one attached hydrogen (secondary N) is 1. The third-order valence-electron chi connectivity index (χ3n) is 2.44. The van der Waals surface area contributed by atoms with Crippen molar-refractivity contribution in [2.24, 2.45) is 5.92 Å². The molecule has 0 bridgehead atoms. The quantitative estimate of drug-likeness (QED) is 0.579. The second-order valence-electron chi connectivity index (χ2n) is 4.25. The Morgan fingerprint density at radius 1 is 1.07 bits per heavy atom. The van der Waals surface area contributed by atoms with Crippen molar-refractivity contribution < 1.29 is 4.74 Å². The van der Waals surface area contributed by atoms with Gasteiger partial charge in [-0.2, -0.15) is 0 Å². The fourth-order valence-corrected chi connectivity index (χ4v) is 1.39. The first-order valence-corrected chi connectivity index (χ1v) is 6.01. The van der Waals surface area contributed by atoms with Gasteiger partial charge in [0.25, 0.3) is 0 Å². The average Bonchev–Trinajstić information content (AvgIpc) is 2.15. The van der Waals surface area contributed by atoms with Crippen LogP contribution in [-0.4, -0.2) is 25.8 Å². The summed E-state index contributed by atoms with van der Waals surface area (Å²) >= 11 is 0. The number of ether oxygens (including phenoxy) is 1. The van der Waals surface area contributed by atoms with Gasteiger partial charge in [-0.1, -0.05) is 27.7 Å². The highest BCUT2D eigenvalue weighted by atomic mass is 16.5. The molecule has 0 heterocycles. The van der Waals surface area contributed by atoms with E-state index in [-0.39, 0.29) is 0 Å². The van der Waals surface area contributed by atoms with E-state index in [2.05, 4.69) is 33.0 Å². The van der Waals surface area contributed by atoms with Gasteiger partial charge in [0.15, 0.2) is 0 Å². The predicted octanol–water partition coefficient (Wildman–Crippen LogP) is 2.83. The number of hydrogen-bond acceptors (Lipinski definition) is 2. The molecule has 0 aliphatic rings. The van der Waals surface area contributed by atoms with Crippen LogP contribution in [0.3, 0.4) is 0 Å². The highest BCUT2D eigenvalue weighted by Gasteiger charge is 2.03. The van der Waals surface area contributed by atoms with E-state index in [1.54, 1.807) is 0 Å². The molecule has 0 spiro atoms. The van der Waals surface area contributed by atoms with E-state index >= 15 is 0 Å². The lowest BCUT2D eigenvalue weighted by Crippen LogP contribution is -2.29. The normalized spacial score (nSPS) is 13.5. The molecule has 0 amide bonds. The Morgan fingerprint density at radius 2 is 1.71 bits per heavy atom. The van der Waals surface area contributed by atoms with Gasteiger partial charge in [-0.25, -0.2) is 0 Å². The highest BCUT2D eigenvalue weighted by Crippen LogP contribution is 2.01. The Labute approximate surface area is 89.4 Å². The first-order valence-electron chi connectivity index (χ1n) is 6.01. The van der Waals surface area contributed by atoms with Gasteiger partial charge in [-0.15, -0.1) is 0 Å². The van der Waals surface area contributed by atoms with Gasteiger partial charge < -0.3 is 10.1 Å². The summed E-state index contributed by atoms with van der Waals surface area (Å²) in [6, 6.07) is 0.638. The fourth-order valence-electron chi connectivity index (χ4n) is 1.39. The highest BCUT2D eigenvalue weighted by molar-refractivity contribution is 4.62. The van der Waals surface area contributed by atoms with Crippen molar-refractivity contribution in [1.82, 2.24) is 5.32 Å². The maximum atomic E-state index is 5.58. The third kappa shape index (κ3) is 8.52. The second-order valence-corrected chi connectivity index (χ2v) is 4.25. The monoisotopic (exact) mass is 201 g/mol. The van der Waals surface area contributed by atoms with Crippen LogP contribution in [-0.2, 0) is 4.74 Å². The van der Waals surface area contributed by atoms with Crippen molar-refractivity contribution in [1.29, 1.82) is 0 Å². The van der Waals surface area contributed by atoms with E-state index in [0.29, 0.717) is 6.04 Å². The summed E-state index contributed by atoms with van der Waals surface area (Å²) < 4.78 is 5.58. The first kappa shape index (κ1) is 13.9. The topological polar surface area (TPSA) is 21.3 Å². The van der Waals surface area contributed by atoms with E-state index in [1.165, 1.54) is 12.8 Å². The molecule has 86 valence electrons. The van der Waals surface area contributed by atoms with Crippen LogP contribution in [0.5, 0.6) is 0 Å². The summed E-state index contributed by atoms with van der Waals surface area (Å²) in [5.41, 5.74) is 0. The number of hydrogen-bond donors (Lipinski definition) is 1. The molecule has 1 unspecified atom stereocenters. The molecule has 0 aromatic carbocycles. The molecule has 2 nitrogen and oxygen atoms in total. The molecule has 0 aromatic rings. The van der Waals surface area contributed by atoms with E-state index in [4.69, 9.17) is 4.74 Å². The Bertz CT molecular complexity index is 115. The first-order chi connectivity index (χ1) is 6.70. The SMILES string of the molecule is CCNC(CC)CCOCCC(C)C. The number of rotatable bonds is 9. The lowest BCUT2D eigenvalue weighted by Gasteiger charge is -2.15. The van der Waals surface area contributed by atoms with E-state index in [9.17, 15) is 0 Å². The fraction of sp³-hybridized carbons (Fsp3) is 1.00. The van der Waals surface area contributed by atoms with Crippen LogP contribution in [0.15, 0.2) is 0 Å². The van der Waals surface area contributed by atoms with Crippen molar-refractivity contribution in [3.05, 3.63) is 0 Å². The van der Waals surface area contributed by atoms with Crippen molar-refractivity contribution >= 4 is 0 Å². The molecule has 0 aliphatic heterocycles. The molecule has 0 aliphatic carbocycles. The van der Waals surface area contributed by atoms with Crippen molar-refractivity contribution in [3.8, 4) is 0 Å². The van der Waals surface area contributed by atoms with Crippen LogP contribution >= 0.6 is 0 Å². The third-order valence-corrected chi connectivity index (χ3v) is 2.44. The molecule has 0 rings (SSSR count). The van der Waals surface area contributed by atoms with Gasteiger partial charge in [0.05, 0.1) is 0 Å². The van der Waals surface area contributed by atoms with Gasteiger partial charge >= 0.3 is 0 Å². The van der Waals surface area contributed by atoms with Gasteiger partial charge in [-0.3, -0.25) is 0 Å². The molecule has 1 atom stereocenters. The summed E-state index contributed by atoms with van der Waals surface area (Å²) in [5, 5.41) is 3.45. The van der Waals surface area contributed by atoms with Crippen molar-refractivity contribution in [2.75, 3.05) is 19.8 Å². The molecular formula is C12H27NO. The van der Waals surface area contributed by atoms with Crippen LogP contribution in [0.2, 0.25) is 0 Å². The minimum Gasteiger partial charge on any atom is -0.381 e. The molecule has 0 saturated heterocycles. The molecule has 2 heteroatoms. The maximum absolute atomic E-state index is 5.58. The summed E-state index contributed by atoms with van der Waals surface area (Å²) in [5.74, 6) is 0.755. The molecule has 0 aromatic heterocycles. The smallest absolute Gasteiger partial charge is 0.0480 e. The molecule has 14 heavy (non-hydrogen) atoms. The molecule has 0 radical (unpaired) electrons. The lowest BCUT2D eigenvalue weighted by atomic mass is 10.1. The maximum Gasteiger partial charge on any atom is 0.0480 e. The van der Waals surface area contributed by atoms with Gasteiger partial charge in [0, 0.05) is 19.3 Å². The molecule has 0 saturated carbocycles. The zero-order valence-electron chi connectivity index (χ0n) is 10.3. The Hall–Kier alpha value is -0.0800. The van der Waals surface area contributed by atoms with Gasteiger partial charge in [0.1, 0.15) is 0 Å². The van der Waals surface area contributed by atoms with E-state index < -0.39 is 0 Å². The van der Waals surface area contributed by atoms with Crippen LogP contribution < -0.4 is 5.32 Å². The Balaban J connectivity index is 3.24. The summed E-state index contributed by atoms with van der Waals surface area (Å²) in [6.07, 6.45) is 3.52. The molecule has 0 fully saturated rings. The zero-order chi connectivity index (χ0) is 10.8. The van der Waals surface area contributed by atoms with E-state index in [1.807, 2.05) is 0 Å². The summed E-state index contributed by atoms with van der Waals surface area (Å²) in [4.78, 5) is 0. The zero-order valence-corrected chi connectivity index (χ0v) is 10.3. The standard InChI is InChI=1S/C12H27NO/c1-5-12(13-6-2)8-10-14-9-7-11(3)4/h11-13H,5-10H2,1-4H3. The van der Waals surface area contributed by atoms with Crippen molar-refractivity contribution in [3.63, 3.8) is 0 Å². The summed E-state index contributed by atoms with van der Waals surface area (Å²) in [7, 11) is 0. The minimum atomic E-state index is 0.638. The summed E-state index contributed by atoms with van der Waals surface area (Å²) in [6.45, 7) is 11.7.